The highest BCUT2D eigenvalue weighted by Crippen LogP contribution is 2.32. The Hall–Kier alpha value is -3.68. The monoisotopic (exact) mass is 505 g/mol. The number of methoxy groups -OCH3 is 1. The Morgan fingerprint density at radius 3 is 2.43 bits per heavy atom. The third kappa shape index (κ3) is 7.15. The Labute approximate surface area is 215 Å². The highest BCUT2D eigenvalue weighted by molar-refractivity contribution is 7.99. The summed E-state index contributed by atoms with van der Waals surface area (Å²) in [6.45, 7) is 6.14. The molecule has 3 rings (SSSR count). The van der Waals surface area contributed by atoms with Gasteiger partial charge in [0.05, 0.1) is 18.5 Å². The van der Waals surface area contributed by atoms with Crippen LogP contribution in [0.15, 0.2) is 58.8 Å². The van der Waals surface area contributed by atoms with E-state index in [4.69, 9.17) is 27.7 Å². The fourth-order valence-electron chi connectivity index (χ4n) is 3.04. The zero-order valence-electron chi connectivity index (χ0n) is 20.0. The summed E-state index contributed by atoms with van der Waals surface area (Å²) in [5.41, 5.74) is 12.2. The van der Waals surface area contributed by atoms with Gasteiger partial charge in [-0.3, -0.25) is 5.43 Å². The molecule has 1 aromatic heterocycles. The highest BCUT2D eigenvalue weighted by Gasteiger charge is 2.17. The van der Waals surface area contributed by atoms with Crippen molar-refractivity contribution in [3.05, 3.63) is 59.7 Å². The molecule has 0 fully saturated rings. The summed E-state index contributed by atoms with van der Waals surface area (Å²) >= 11 is 6.35. The number of benzene rings is 2. The van der Waals surface area contributed by atoms with Gasteiger partial charge in [-0.2, -0.15) is 10.4 Å². The number of ether oxygens (including phenoxy) is 1. The summed E-state index contributed by atoms with van der Waals surface area (Å²) in [6.07, 6.45) is 0. The molecule has 4 N–H and O–H groups in total. The van der Waals surface area contributed by atoms with Gasteiger partial charge >= 0.3 is 0 Å². The van der Waals surface area contributed by atoms with Crippen LogP contribution in [0.4, 0.5) is 11.5 Å². The molecule has 1 heterocycles. The largest absolute Gasteiger partial charge is 0.497 e. The lowest BCUT2D eigenvalue weighted by molar-refractivity contribution is 0.415. The minimum absolute atomic E-state index is 0.106. The van der Waals surface area contributed by atoms with Gasteiger partial charge in [-0.05, 0) is 67.0 Å². The summed E-state index contributed by atoms with van der Waals surface area (Å²) in [7, 11) is 1.62. The Bertz CT molecular complexity index is 1250. The molecule has 0 atom stereocenters. The highest BCUT2D eigenvalue weighted by atomic mass is 32.2. The molecular formula is C25H27N7OS2. The van der Waals surface area contributed by atoms with E-state index in [0.29, 0.717) is 28.1 Å². The number of anilines is 2. The summed E-state index contributed by atoms with van der Waals surface area (Å²) < 4.78 is 5.27. The normalized spacial score (nSPS) is 11.1. The van der Waals surface area contributed by atoms with Gasteiger partial charge in [0.25, 0.3) is 0 Å². The number of nitriles is 1. The van der Waals surface area contributed by atoms with Crippen molar-refractivity contribution >= 4 is 46.3 Å². The maximum absolute atomic E-state index is 10.0. The third-order valence-corrected chi connectivity index (χ3v) is 6.17. The standard InChI is InChI=1S/C25H27N7OS2/c1-15(2)14-35-25-29-22(18-7-11-20(33-4)12-8-18)21(13-26)23(30-25)28-19-9-5-17(6-10-19)16(3)31-32-24(27)34/h5-12,15H,14H2,1-4H3,(H3,27,32,34)(H,28,29,30)/b31-16-. The average molecular weight is 506 g/mol. The molecule has 180 valence electrons. The predicted octanol–water partition coefficient (Wildman–Crippen LogP) is 5.07. The first-order valence-corrected chi connectivity index (χ1v) is 12.3. The molecule has 0 bridgehead atoms. The lowest BCUT2D eigenvalue weighted by Gasteiger charge is -2.14. The third-order valence-electron chi connectivity index (χ3n) is 4.81. The topological polar surface area (TPSA) is 121 Å². The molecule has 10 heteroatoms. The molecule has 0 unspecified atom stereocenters. The maximum Gasteiger partial charge on any atom is 0.190 e. The van der Waals surface area contributed by atoms with Crippen molar-refractivity contribution in [2.45, 2.75) is 25.9 Å². The maximum atomic E-state index is 10.0. The minimum Gasteiger partial charge on any atom is -0.497 e. The second-order valence-electron chi connectivity index (χ2n) is 8.00. The number of hydrogen-bond acceptors (Lipinski definition) is 8. The van der Waals surface area contributed by atoms with Crippen LogP contribution in [0.2, 0.25) is 0 Å². The van der Waals surface area contributed by atoms with E-state index >= 15 is 0 Å². The number of thiocarbonyl (C=S) groups is 1. The summed E-state index contributed by atoms with van der Waals surface area (Å²) in [6, 6.07) is 17.4. The van der Waals surface area contributed by atoms with Gasteiger partial charge in [0.1, 0.15) is 17.4 Å². The molecule has 2 aromatic carbocycles. The van der Waals surface area contributed by atoms with Gasteiger partial charge in [-0.1, -0.05) is 37.7 Å². The number of hydrazone groups is 1. The van der Waals surface area contributed by atoms with Crippen LogP contribution in [0, 0.1) is 17.2 Å². The van der Waals surface area contributed by atoms with Crippen LogP contribution < -0.4 is 21.2 Å². The van der Waals surface area contributed by atoms with Crippen molar-refractivity contribution in [2.75, 3.05) is 18.2 Å². The first-order chi connectivity index (χ1) is 16.8. The quantitative estimate of drug-likeness (QED) is 0.120. The van der Waals surface area contributed by atoms with E-state index in [2.05, 4.69) is 40.7 Å². The van der Waals surface area contributed by atoms with Crippen molar-refractivity contribution in [1.29, 1.82) is 5.26 Å². The second-order valence-corrected chi connectivity index (χ2v) is 9.43. The predicted molar refractivity (Wildman–Crippen MR) is 146 cm³/mol. The Balaban J connectivity index is 1.98. The molecule has 0 spiro atoms. The Morgan fingerprint density at radius 1 is 1.17 bits per heavy atom. The number of nitrogens with two attached hydrogens (primary N) is 1. The van der Waals surface area contributed by atoms with Gasteiger partial charge < -0.3 is 15.8 Å². The van der Waals surface area contributed by atoms with Crippen LogP contribution in [0.5, 0.6) is 5.75 Å². The molecule has 0 aliphatic carbocycles. The fourth-order valence-corrected chi connectivity index (χ4v) is 3.87. The molecule has 0 saturated heterocycles. The number of hydrogen-bond donors (Lipinski definition) is 3. The molecule has 8 nitrogen and oxygen atoms in total. The van der Waals surface area contributed by atoms with Crippen LogP contribution in [0.3, 0.4) is 0 Å². The zero-order valence-corrected chi connectivity index (χ0v) is 21.6. The fraction of sp³-hybridized carbons (Fsp3) is 0.240. The Morgan fingerprint density at radius 2 is 1.86 bits per heavy atom. The van der Waals surface area contributed by atoms with Gasteiger partial charge in [0, 0.05) is 17.0 Å². The molecule has 0 aliphatic heterocycles. The van der Waals surface area contributed by atoms with Crippen LogP contribution >= 0.6 is 24.0 Å². The average Bonchev–Trinajstić information content (AvgIpc) is 2.86. The van der Waals surface area contributed by atoms with Crippen LogP contribution in [0.1, 0.15) is 31.9 Å². The summed E-state index contributed by atoms with van der Waals surface area (Å²) in [5.74, 6) is 2.52. The van der Waals surface area contributed by atoms with Crippen molar-refractivity contribution in [3.63, 3.8) is 0 Å². The number of aromatic nitrogens is 2. The van der Waals surface area contributed by atoms with Gasteiger partial charge in [0.2, 0.25) is 0 Å². The molecule has 3 aromatic rings. The smallest absolute Gasteiger partial charge is 0.190 e. The van der Waals surface area contributed by atoms with Gasteiger partial charge in [-0.25, -0.2) is 9.97 Å². The van der Waals surface area contributed by atoms with E-state index in [1.807, 2.05) is 55.5 Å². The molecule has 0 amide bonds. The first kappa shape index (κ1) is 25.9. The molecule has 0 aliphatic rings. The van der Waals surface area contributed by atoms with E-state index in [-0.39, 0.29) is 5.11 Å². The van der Waals surface area contributed by atoms with E-state index in [0.717, 1.165) is 34.0 Å². The molecule has 0 saturated carbocycles. The van der Waals surface area contributed by atoms with Crippen LogP contribution in [-0.2, 0) is 0 Å². The van der Waals surface area contributed by atoms with Crippen molar-refractivity contribution < 1.29 is 4.74 Å². The number of nitrogens with one attached hydrogen (secondary N) is 2. The lowest BCUT2D eigenvalue weighted by atomic mass is 10.1. The van der Waals surface area contributed by atoms with Crippen molar-refractivity contribution in [2.24, 2.45) is 16.8 Å². The van der Waals surface area contributed by atoms with Crippen LogP contribution in [0.25, 0.3) is 11.3 Å². The summed E-state index contributed by atoms with van der Waals surface area (Å²) in [4.78, 5) is 9.39. The second kappa shape index (κ2) is 12.1. The molecular weight excluding hydrogens is 478 g/mol. The minimum atomic E-state index is 0.106. The van der Waals surface area contributed by atoms with Gasteiger partial charge in [0.15, 0.2) is 16.1 Å². The summed E-state index contributed by atoms with van der Waals surface area (Å²) in [5, 5.41) is 18.2. The number of nitrogens with zero attached hydrogens (tertiary/aromatic N) is 4. The molecule has 35 heavy (non-hydrogen) atoms. The van der Waals surface area contributed by atoms with E-state index in [1.165, 1.54) is 0 Å². The van der Waals surface area contributed by atoms with Crippen molar-refractivity contribution in [1.82, 2.24) is 15.4 Å². The Kier molecular flexibility index (Phi) is 9.00. The SMILES string of the molecule is COc1ccc(-c2nc(SCC(C)C)nc(Nc3ccc(/C(C)=N\NC(N)=S)cc3)c2C#N)cc1. The van der Waals surface area contributed by atoms with Crippen LogP contribution in [-0.4, -0.2) is 33.7 Å². The number of rotatable bonds is 9. The molecule has 0 radical (unpaired) electrons. The van der Waals surface area contributed by atoms with Gasteiger partial charge in [-0.15, -0.1) is 0 Å². The number of thioether (sulfide) groups is 1. The van der Waals surface area contributed by atoms with E-state index < -0.39 is 0 Å². The van der Waals surface area contributed by atoms with Crippen molar-refractivity contribution in [3.8, 4) is 23.1 Å². The first-order valence-electron chi connectivity index (χ1n) is 10.9. The zero-order chi connectivity index (χ0) is 25.4. The lowest BCUT2D eigenvalue weighted by Crippen LogP contribution is -2.25. The van der Waals surface area contributed by atoms with E-state index in [9.17, 15) is 5.26 Å². The van der Waals surface area contributed by atoms with E-state index in [1.54, 1.807) is 18.9 Å².